The summed E-state index contributed by atoms with van der Waals surface area (Å²) in [6, 6.07) is 5.05. The first-order chi connectivity index (χ1) is 6.74. The summed E-state index contributed by atoms with van der Waals surface area (Å²) in [6.07, 6.45) is 1.85. The summed E-state index contributed by atoms with van der Waals surface area (Å²) < 4.78 is 7.19. The molecule has 0 saturated carbocycles. The minimum atomic E-state index is 0.234. The first-order valence-corrected chi connectivity index (χ1v) is 4.31. The third kappa shape index (κ3) is 0.849. The molecule has 70 valence electrons. The van der Waals surface area contributed by atoms with Crippen LogP contribution in [0.3, 0.4) is 0 Å². The Hall–Kier alpha value is -1.97. The van der Waals surface area contributed by atoms with E-state index in [0.29, 0.717) is 5.84 Å². The Kier molecular flexibility index (Phi) is 1.21. The first kappa shape index (κ1) is 7.44. The van der Waals surface area contributed by atoms with Crippen molar-refractivity contribution in [1.29, 1.82) is 0 Å². The molecule has 0 saturated heterocycles. The van der Waals surface area contributed by atoms with Crippen molar-refractivity contribution in [2.24, 2.45) is 0 Å². The highest BCUT2D eigenvalue weighted by atomic mass is 16.4. The van der Waals surface area contributed by atoms with Gasteiger partial charge in [0.15, 0.2) is 0 Å². The lowest BCUT2D eigenvalue weighted by molar-refractivity contribution is 0.476. The summed E-state index contributed by atoms with van der Waals surface area (Å²) in [4.78, 5) is 4.26. The summed E-state index contributed by atoms with van der Waals surface area (Å²) in [5.74, 6) is 1.60. The van der Waals surface area contributed by atoms with Crippen LogP contribution in [0.2, 0.25) is 0 Å². The van der Waals surface area contributed by atoms with Crippen LogP contribution in [0.5, 0.6) is 5.75 Å². The Bertz CT molecular complexity index is 621. The highest BCUT2D eigenvalue weighted by molar-refractivity contribution is 5.80. The van der Waals surface area contributed by atoms with Gasteiger partial charge in [-0.15, -0.1) is 0 Å². The molecule has 0 atom stereocenters. The maximum atomic E-state index is 9.34. The van der Waals surface area contributed by atoms with Crippen LogP contribution in [0.25, 0.3) is 16.9 Å². The Balaban J connectivity index is 2.55. The topological polar surface area (TPSA) is 50.7 Å². The number of aromatic nitrogens is 2. The van der Waals surface area contributed by atoms with Crippen LogP contribution in [0.4, 0.5) is 0 Å². The van der Waals surface area contributed by atoms with Crippen molar-refractivity contribution in [3.05, 3.63) is 30.2 Å². The van der Waals surface area contributed by atoms with Gasteiger partial charge in [-0.3, -0.25) is 4.40 Å². The number of aryl methyl sites for hydroxylation is 1. The van der Waals surface area contributed by atoms with Gasteiger partial charge in [0.05, 0.1) is 17.2 Å². The van der Waals surface area contributed by atoms with Crippen molar-refractivity contribution in [3.8, 4) is 5.75 Å². The average molecular weight is 188 g/mol. The van der Waals surface area contributed by atoms with Gasteiger partial charge < -0.3 is 9.52 Å². The highest BCUT2D eigenvalue weighted by Gasteiger charge is 2.08. The van der Waals surface area contributed by atoms with Crippen molar-refractivity contribution in [3.63, 3.8) is 0 Å². The molecule has 2 aromatic heterocycles. The molecule has 3 aromatic rings. The zero-order valence-electron chi connectivity index (χ0n) is 7.56. The van der Waals surface area contributed by atoms with Gasteiger partial charge in [0.25, 0.3) is 0 Å². The van der Waals surface area contributed by atoms with E-state index in [4.69, 9.17) is 4.42 Å². The third-order valence-corrected chi connectivity index (χ3v) is 2.20. The van der Waals surface area contributed by atoms with E-state index in [2.05, 4.69) is 4.98 Å². The Morgan fingerprint density at radius 3 is 3.14 bits per heavy atom. The second-order valence-electron chi connectivity index (χ2n) is 3.28. The molecule has 4 heteroatoms. The summed E-state index contributed by atoms with van der Waals surface area (Å²) in [5, 5.41) is 9.34. The standard InChI is InChI=1S/C10H8N2O2/c1-6-5-12-9-4-7(13)2-3-8(9)11-10(12)14-6/h2-5,13H,1H3. The highest BCUT2D eigenvalue weighted by Crippen LogP contribution is 2.22. The van der Waals surface area contributed by atoms with Crippen LogP contribution >= 0.6 is 0 Å². The van der Waals surface area contributed by atoms with E-state index in [9.17, 15) is 5.11 Å². The normalized spacial score (nSPS) is 11.5. The molecular weight excluding hydrogens is 180 g/mol. The van der Waals surface area contributed by atoms with Crippen LogP contribution in [-0.2, 0) is 0 Å². The zero-order valence-corrected chi connectivity index (χ0v) is 7.56. The van der Waals surface area contributed by atoms with Crippen LogP contribution in [0.15, 0.2) is 28.8 Å². The number of fused-ring (bicyclic) bond motifs is 3. The minimum absolute atomic E-state index is 0.234. The Morgan fingerprint density at radius 2 is 2.29 bits per heavy atom. The van der Waals surface area contributed by atoms with Crippen LogP contribution in [-0.4, -0.2) is 14.5 Å². The number of imidazole rings is 1. The van der Waals surface area contributed by atoms with E-state index < -0.39 is 0 Å². The second kappa shape index (κ2) is 2.29. The molecule has 0 amide bonds. The van der Waals surface area contributed by atoms with E-state index in [1.807, 2.05) is 17.5 Å². The fraction of sp³-hybridized carbons (Fsp3) is 0.100. The monoisotopic (exact) mass is 188 g/mol. The van der Waals surface area contributed by atoms with E-state index in [1.54, 1.807) is 18.2 Å². The van der Waals surface area contributed by atoms with Crippen molar-refractivity contribution >= 4 is 16.9 Å². The van der Waals surface area contributed by atoms with Crippen LogP contribution in [0.1, 0.15) is 5.76 Å². The summed E-state index contributed by atoms with van der Waals surface area (Å²) in [5.41, 5.74) is 1.68. The number of hydrogen-bond acceptors (Lipinski definition) is 3. The van der Waals surface area contributed by atoms with Crippen molar-refractivity contribution in [2.45, 2.75) is 6.92 Å². The lowest BCUT2D eigenvalue weighted by Gasteiger charge is -1.90. The molecule has 3 rings (SSSR count). The second-order valence-corrected chi connectivity index (χ2v) is 3.28. The molecule has 0 fully saturated rings. The molecule has 2 heterocycles. The minimum Gasteiger partial charge on any atom is -0.508 e. The van der Waals surface area contributed by atoms with E-state index in [-0.39, 0.29) is 5.75 Å². The van der Waals surface area contributed by atoms with Crippen LogP contribution < -0.4 is 0 Å². The Morgan fingerprint density at radius 1 is 1.43 bits per heavy atom. The molecule has 0 aliphatic heterocycles. The lowest BCUT2D eigenvalue weighted by Crippen LogP contribution is -1.75. The third-order valence-electron chi connectivity index (χ3n) is 2.20. The molecule has 0 aliphatic rings. The number of phenols is 1. The Labute approximate surface area is 79.4 Å². The summed E-state index contributed by atoms with van der Waals surface area (Å²) >= 11 is 0. The predicted octanol–water partition coefficient (Wildman–Crippen LogP) is 2.09. The number of benzene rings is 1. The van der Waals surface area contributed by atoms with Gasteiger partial charge >= 0.3 is 5.84 Å². The average Bonchev–Trinajstić information content (AvgIpc) is 2.62. The maximum absolute atomic E-state index is 9.34. The van der Waals surface area contributed by atoms with Gasteiger partial charge in [-0.25, -0.2) is 0 Å². The SMILES string of the molecule is Cc1cn2c(nc3ccc(O)cc32)o1. The smallest absolute Gasteiger partial charge is 0.307 e. The van der Waals surface area contributed by atoms with E-state index in [1.165, 1.54) is 0 Å². The molecule has 0 spiro atoms. The summed E-state index contributed by atoms with van der Waals surface area (Å²) in [6.45, 7) is 1.86. The molecule has 1 aromatic carbocycles. The number of nitrogens with zero attached hydrogens (tertiary/aromatic N) is 2. The quantitative estimate of drug-likeness (QED) is 0.587. The molecule has 0 bridgehead atoms. The fourth-order valence-electron chi connectivity index (χ4n) is 1.61. The summed E-state index contributed by atoms with van der Waals surface area (Å²) in [7, 11) is 0. The van der Waals surface area contributed by atoms with Crippen molar-refractivity contribution < 1.29 is 9.52 Å². The molecule has 0 unspecified atom stereocenters. The molecule has 0 aliphatic carbocycles. The fourth-order valence-corrected chi connectivity index (χ4v) is 1.61. The van der Waals surface area contributed by atoms with Crippen molar-refractivity contribution in [1.82, 2.24) is 9.38 Å². The van der Waals surface area contributed by atoms with Crippen molar-refractivity contribution in [2.75, 3.05) is 0 Å². The molecule has 4 nitrogen and oxygen atoms in total. The van der Waals surface area contributed by atoms with Gasteiger partial charge in [-0.1, -0.05) is 0 Å². The van der Waals surface area contributed by atoms with E-state index in [0.717, 1.165) is 16.8 Å². The maximum Gasteiger partial charge on any atom is 0.307 e. The van der Waals surface area contributed by atoms with Gasteiger partial charge in [0, 0.05) is 6.07 Å². The first-order valence-electron chi connectivity index (χ1n) is 4.31. The molecule has 1 N–H and O–H groups in total. The van der Waals surface area contributed by atoms with E-state index >= 15 is 0 Å². The number of aromatic hydroxyl groups is 1. The lowest BCUT2D eigenvalue weighted by atomic mass is 10.3. The van der Waals surface area contributed by atoms with Crippen LogP contribution in [0, 0.1) is 6.92 Å². The number of oxazole rings is 1. The number of phenolic OH excluding ortho intramolecular Hbond substituents is 1. The molecule has 0 radical (unpaired) electrons. The predicted molar refractivity (Wildman–Crippen MR) is 51.4 cm³/mol. The largest absolute Gasteiger partial charge is 0.508 e. The number of rotatable bonds is 0. The molecule has 14 heavy (non-hydrogen) atoms. The van der Waals surface area contributed by atoms with Gasteiger partial charge in [-0.2, -0.15) is 4.98 Å². The zero-order chi connectivity index (χ0) is 9.71. The van der Waals surface area contributed by atoms with Gasteiger partial charge in [0.2, 0.25) is 0 Å². The molecular formula is C10H8N2O2. The van der Waals surface area contributed by atoms with Gasteiger partial charge in [-0.05, 0) is 19.1 Å². The van der Waals surface area contributed by atoms with Gasteiger partial charge in [0.1, 0.15) is 11.5 Å². The number of hydrogen-bond donors (Lipinski definition) is 1.